The Morgan fingerprint density at radius 1 is 1.00 bits per heavy atom. The van der Waals surface area contributed by atoms with E-state index in [1.54, 1.807) is 0 Å². The summed E-state index contributed by atoms with van der Waals surface area (Å²) >= 11 is 4.10. The average molecular weight is 194 g/mol. The van der Waals surface area contributed by atoms with E-state index in [1.165, 1.54) is 0 Å². The van der Waals surface area contributed by atoms with Gasteiger partial charge in [0.25, 0.3) is 5.78 Å². The molecule has 1 saturated carbocycles. The molecule has 1 fully saturated rings. The molecular weight excluding hydrogens is 194 g/mol. The van der Waals surface area contributed by atoms with Gasteiger partial charge >= 0.3 is 17.0 Å². The maximum Gasteiger partial charge on any atom is 0.365 e. The summed E-state index contributed by atoms with van der Waals surface area (Å²) in [4.78, 5) is 9.80. The normalized spacial score (nSPS) is 31.3. The van der Waals surface area contributed by atoms with E-state index in [2.05, 4.69) is 11.6 Å². The van der Waals surface area contributed by atoms with Crippen LogP contribution in [0.5, 0.6) is 0 Å². The summed E-state index contributed by atoms with van der Waals surface area (Å²) in [6.07, 6.45) is 0. The molecule has 0 aromatic carbocycles. The van der Waals surface area contributed by atoms with Crippen LogP contribution >= 0.6 is 11.6 Å². The predicted octanol–water partition coefficient (Wildman–Crippen LogP) is 1.74. The van der Waals surface area contributed by atoms with Crippen molar-refractivity contribution in [2.24, 2.45) is 0 Å². The Kier molecular flexibility index (Phi) is 1.33. The molecule has 0 atom stereocenters. The Hall–Kier alpha value is -0.390. The van der Waals surface area contributed by atoms with Crippen LogP contribution < -0.4 is 0 Å². The average Bonchev–Trinajstić information content (AvgIpc) is 1.84. The zero-order valence-electron chi connectivity index (χ0n) is 4.68. The molecule has 11 heavy (non-hydrogen) atoms. The van der Waals surface area contributed by atoms with E-state index in [0.717, 1.165) is 0 Å². The van der Waals surface area contributed by atoms with Gasteiger partial charge in [0, 0.05) is 0 Å². The van der Waals surface area contributed by atoms with Gasteiger partial charge in [0.05, 0.1) is 0 Å². The van der Waals surface area contributed by atoms with Crippen molar-refractivity contribution in [1.29, 1.82) is 0 Å². The second kappa shape index (κ2) is 1.68. The Morgan fingerprint density at radius 2 is 1.27 bits per heavy atom. The number of rotatable bonds is 0. The lowest BCUT2D eigenvalue weighted by Gasteiger charge is -2.42. The highest BCUT2D eigenvalue weighted by Crippen LogP contribution is 2.59. The van der Waals surface area contributed by atoms with Crippen LogP contribution in [-0.4, -0.2) is 22.8 Å². The fraction of sp³-hybridized carbons (Fsp3) is 0.750. The van der Waals surface area contributed by atoms with Gasteiger partial charge in [-0.3, -0.25) is 4.79 Å². The van der Waals surface area contributed by atoms with Gasteiger partial charge in [-0.15, -0.1) is 0 Å². The van der Waals surface area contributed by atoms with Crippen LogP contribution in [-0.2, 0) is 4.79 Å². The molecule has 0 heterocycles. The molecule has 0 radical (unpaired) electrons. The quantitative estimate of drug-likeness (QED) is 0.424. The molecule has 0 spiro atoms. The second-order valence-electron chi connectivity index (χ2n) is 2.05. The number of hydrogen-bond acceptors (Lipinski definition) is 1. The molecule has 7 heteroatoms. The molecule has 1 nitrogen and oxygen atoms in total. The fourth-order valence-corrected chi connectivity index (χ4v) is 0.789. The van der Waals surface area contributed by atoms with Gasteiger partial charge in [0.1, 0.15) is 0 Å². The molecule has 0 aliphatic heterocycles. The van der Waals surface area contributed by atoms with E-state index >= 15 is 0 Å². The molecule has 0 N–H and O–H groups in total. The molecular formula is C4ClF5O. The highest BCUT2D eigenvalue weighted by atomic mass is 35.5. The zero-order chi connectivity index (χ0) is 9.08. The van der Waals surface area contributed by atoms with Crippen molar-refractivity contribution >= 4 is 17.4 Å². The summed E-state index contributed by atoms with van der Waals surface area (Å²) in [6, 6.07) is 0. The van der Waals surface area contributed by atoms with Crippen molar-refractivity contribution < 1.29 is 26.7 Å². The largest absolute Gasteiger partial charge is 0.365 e. The summed E-state index contributed by atoms with van der Waals surface area (Å²) < 4.78 is 59.5. The summed E-state index contributed by atoms with van der Waals surface area (Å²) in [6.45, 7) is 0. The Bertz CT molecular complexity index is 203. The summed E-state index contributed by atoms with van der Waals surface area (Å²) in [5.41, 5.74) is 0. The van der Waals surface area contributed by atoms with Gasteiger partial charge in [-0.2, -0.15) is 17.6 Å². The molecule has 64 valence electrons. The third kappa shape index (κ3) is 0.635. The van der Waals surface area contributed by atoms with Gasteiger partial charge in [-0.1, -0.05) is 11.6 Å². The first-order chi connectivity index (χ1) is 4.65. The first-order valence-corrected chi connectivity index (χ1v) is 2.72. The minimum Gasteiger partial charge on any atom is -0.286 e. The second-order valence-corrected chi connectivity index (χ2v) is 2.57. The van der Waals surface area contributed by atoms with E-state index in [4.69, 9.17) is 0 Å². The van der Waals surface area contributed by atoms with E-state index in [-0.39, 0.29) is 0 Å². The fourth-order valence-electron chi connectivity index (χ4n) is 0.617. The number of alkyl halides is 6. The highest BCUT2D eigenvalue weighted by Gasteiger charge is 2.89. The van der Waals surface area contributed by atoms with E-state index in [9.17, 15) is 26.7 Å². The Morgan fingerprint density at radius 3 is 1.36 bits per heavy atom. The monoisotopic (exact) mass is 194 g/mol. The number of ketones is 1. The van der Waals surface area contributed by atoms with Gasteiger partial charge < -0.3 is 0 Å². The molecule has 1 rings (SSSR count). The van der Waals surface area contributed by atoms with E-state index < -0.39 is 22.8 Å². The van der Waals surface area contributed by atoms with Crippen molar-refractivity contribution in [3.63, 3.8) is 0 Å². The van der Waals surface area contributed by atoms with Gasteiger partial charge in [-0.05, 0) is 0 Å². The van der Waals surface area contributed by atoms with Crippen LogP contribution in [0.4, 0.5) is 22.0 Å². The van der Waals surface area contributed by atoms with Crippen LogP contribution in [0.25, 0.3) is 0 Å². The lowest BCUT2D eigenvalue weighted by Crippen LogP contribution is -2.75. The van der Waals surface area contributed by atoms with Crippen LogP contribution in [0.3, 0.4) is 0 Å². The third-order valence-corrected chi connectivity index (χ3v) is 1.83. The minimum atomic E-state index is -4.78. The topological polar surface area (TPSA) is 17.1 Å². The van der Waals surface area contributed by atoms with Crippen molar-refractivity contribution in [2.75, 3.05) is 0 Å². The number of Topliss-reactive ketones (excluding diaryl/α,β-unsaturated/α-hetero) is 1. The van der Waals surface area contributed by atoms with E-state index in [1.807, 2.05) is 0 Å². The molecule has 0 saturated heterocycles. The van der Waals surface area contributed by atoms with Crippen molar-refractivity contribution in [1.82, 2.24) is 0 Å². The third-order valence-electron chi connectivity index (χ3n) is 1.36. The molecule has 0 aromatic heterocycles. The molecule has 0 unspecified atom stereocenters. The van der Waals surface area contributed by atoms with Gasteiger partial charge in [0.15, 0.2) is 0 Å². The van der Waals surface area contributed by atoms with Crippen LogP contribution in [0, 0.1) is 0 Å². The number of carbonyl (C=O) groups excluding carboxylic acids is 1. The summed E-state index contributed by atoms with van der Waals surface area (Å²) in [5, 5.41) is -4.56. The van der Waals surface area contributed by atoms with Crippen molar-refractivity contribution in [3.8, 4) is 0 Å². The molecule has 0 bridgehead atoms. The maximum absolute atomic E-state index is 12.1. The van der Waals surface area contributed by atoms with Gasteiger partial charge in [-0.25, -0.2) is 4.39 Å². The Labute approximate surface area is 62.1 Å². The first kappa shape index (κ1) is 8.70. The molecule has 0 amide bonds. The number of carbonyl (C=O) groups is 1. The van der Waals surface area contributed by atoms with Crippen LogP contribution in [0.15, 0.2) is 0 Å². The lowest BCUT2D eigenvalue weighted by atomic mass is 9.84. The van der Waals surface area contributed by atoms with Crippen LogP contribution in [0.1, 0.15) is 0 Å². The predicted molar refractivity (Wildman–Crippen MR) is 24.6 cm³/mol. The zero-order valence-corrected chi connectivity index (χ0v) is 5.43. The van der Waals surface area contributed by atoms with Crippen LogP contribution in [0.2, 0.25) is 0 Å². The highest BCUT2D eigenvalue weighted by molar-refractivity contribution is 6.32. The minimum absolute atomic E-state index is 2.78. The first-order valence-electron chi connectivity index (χ1n) is 2.34. The van der Waals surface area contributed by atoms with Crippen molar-refractivity contribution in [2.45, 2.75) is 17.0 Å². The SMILES string of the molecule is O=C1C(F)(F)C(F)(Cl)C1(F)F. The molecule has 1 aliphatic carbocycles. The number of hydrogen-bond donors (Lipinski definition) is 0. The number of halogens is 6. The summed E-state index contributed by atoms with van der Waals surface area (Å²) in [5.74, 6) is -12.3. The van der Waals surface area contributed by atoms with Crippen molar-refractivity contribution in [3.05, 3.63) is 0 Å². The maximum atomic E-state index is 12.1. The standard InChI is InChI=1S/C4ClF5O/c5-4(10)2(6,7)1(11)3(4,8)9. The van der Waals surface area contributed by atoms with Gasteiger partial charge in [0.2, 0.25) is 0 Å². The lowest BCUT2D eigenvalue weighted by molar-refractivity contribution is -0.265. The molecule has 1 aliphatic rings. The Balaban J connectivity index is 3.08. The van der Waals surface area contributed by atoms with E-state index in [0.29, 0.717) is 0 Å². The summed E-state index contributed by atoms with van der Waals surface area (Å²) in [7, 11) is 0. The smallest absolute Gasteiger partial charge is 0.286 e. The molecule has 0 aromatic rings.